The van der Waals surface area contributed by atoms with Gasteiger partial charge in [-0.1, -0.05) is 0 Å². The molecule has 36 heavy (non-hydrogen) atoms. The van der Waals surface area contributed by atoms with Crippen LogP contribution in [0.15, 0.2) is 45.5 Å². The summed E-state index contributed by atoms with van der Waals surface area (Å²) >= 11 is 0. The minimum absolute atomic E-state index is 0.000479. The van der Waals surface area contributed by atoms with Crippen molar-refractivity contribution in [2.45, 2.75) is 57.5 Å². The summed E-state index contributed by atoms with van der Waals surface area (Å²) in [6.45, 7) is 4.49. The Bertz CT molecular complexity index is 1190. The Balaban J connectivity index is 1.19. The van der Waals surface area contributed by atoms with E-state index in [1.807, 2.05) is 18.5 Å². The minimum Gasteiger partial charge on any atom is -0.381 e. The van der Waals surface area contributed by atoms with Crippen LogP contribution in [0.5, 0.6) is 0 Å². The average Bonchev–Trinajstić information content (AvgIpc) is 2.89. The van der Waals surface area contributed by atoms with E-state index in [0.29, 0.717) is 31.5 Å². The fourth-order valence-corrected chi connectivity index (χ4v) is 5.12. The van der Waals surface area contributed by atoms with E-state index in [4.69, 9.17) is 9.73 Å². The summed E-state index contributed by atoms with van der Waals surface area (Å²) in [6, 6.07) is 7.01. The number of fused-ring (bicyclic) bond motifs is 2. The van der Waals surface area contributed by atoms with Crippen LogP contribution in [0.3, 0.4) is 0 Å². The monoisotopic (exact) mass is 492 g/mol. The molecule has 1 saturated heterocycles. The van der Waals surface area contributed by atoms with E-state index in [-0.39, 0.29) is 17.6 Å². The highest BCUT2D eigenvalue weighted by Gasteiger charge is 2.40. The van der Waals surface area contributed by atoms with Crippen molar-refractivity contribution in [2.75, 3.05) is 26.4 Å². The molecule has 2 atom stereocenters. The maximum absolute atomic E-state index is 13.5. The van der Waals surface area contributed by atoms with E-state index in [0.717, 1.165) is 67.5 Å². The number of amidine groups is 1. The number of ketones is 1. The average molecular weight is 493 g/mol. The Hall–Kier alpha value is -3.04. The second kappa shape index (κ2) is 11.3. The highest BCUT2D eigenvalue weighted by Crippen LogP contribution is 2.23. The highest BCUT2D eigenvalue weighted by atomic mass is 19.1. The molecule has 0 amide bonds. The molecule has 0 radical (unpaired) electrons. The molecule has 5 rings (SSSR count). The van der Waals surface area contributed by atoms with E-state index in [1.165, 1.54) is 12.1 Å². The Morgan fingerprint density at radius 3 is 3.00 bits per heavy atom. The molecule has 0 spiro atoms. The zero-order valence-corrected chi connectivity index (χ0v) is 20.7. The van der Waals surface area contributed by atoms with E-state index < -0.39 is 5.92 Å². The summed E-state index contributed by atoms with van der Waals surface area (Å²) < 4.78 is 19.0. The van der Waals surface area contributed by atoms with Crippen LogP contribution in [0.4, 0.5) is 4.39 Å². The first kappa shape index (κ1) is 24.6. The van der Waals surface area contributed by atoms with Gasteiger partial charge < -0.3 is 10.1 Å². The number of pyridine rings is 1. The van der Waals surface area contributed by atoms with Gasteiger partial charge >= 0.3 is 0 Å². The molecular weight excluding hydrogens is 459 g/mol. The lowest BCUT2D eigenvalue weighted by molar-refractivity contribution is -0.119. The maximum Gasteiger partial charge on any atom is 0.151 e. The number of halogens is 1. The fourth-order valence-electron chi connectivity index (χ4n) is 5.12. The van der Waals surface area contributed by atoms with Gasteiger partial charge in [0.05, 0.1) is 5.52 Å². The highest BCUT2D eigenvalue weighted by molar-refractivity contribution is 6.24. The molecule has 8 nitrogen and oxygen atoms in total. The number of carbonyl (C=O) groups is 1. The van der Waals surface area contributed by atoms with Crippen molar-refractivity contribution < 1.29 is 13.9 Å². The number of unbranched alkanes of at least 4 members (excludes halogenated alkanes) is 1. The van der Waals surface area contributed by atoms with Gasteiger partial charge in [0.15, 0.2) is 5.78 Å². The van der Waals surface area contributed by atoms with Crippen LogP contribution in [0.25, 0.3) is 10.9 Å². The van der Waals surface area contributed by atoms with Gasteiger partial charge in [-0.3, -0.25) is 19.8 Å². The normalized spacial score (nSPS) is 22.0. The summed E-state index contributed by atoms with van der Waals surface area (Å²) in [5, 5.41) is 10.9. The third-order valence-corrected chi connectivity index (χ3v) is 7.03. The molecule has 0 saturated carbocycles. The number of hydrogen-bond acceptors (Lipinski definition) is 8. The number of hydrogen-bond donors (Lipinski definition) is 1. The van der Waals surface area contributed by atoms with Gasteiger partial charge in [-0.2, -0.15) is 5.10 Å². The third kappa shape index (κ3) is 5.68. The van der Waals surface area contributed by atoms with E-state index in [9.17, 15) is 9.18 Å². The number of nitrogens with zero attached hydrogens (tertiary/aromatic N) is 5. The molecule has 0 aliphatic carbocycles. The molecular formula is C27H33FN6O2. The van der Waals surface area contributed by atoms with Crippen LogP contribution in [0.2, 0.25) is 0 Å². The first-order valence-electron chi connectivity index (χ1n) is 12.9. The van der Waals surface area contributed by atoms with Gasteiger partial charge in [-0.15, -0.1) is 0 Å². The SMILES string of the molecule is CC(NC1CCOCC1)C1=NCN(N=CCCCc2cnc3ccc(F)cc3c2)C2=NCCC(=O)C12. The van der Waals surface area contributed by atoms with Crippen molar-refractivity contribution in [2.24, 2.45) is 21.0 Å². The number of ether oxygens (including phenoxy) is 1. The molecule has 0 bridgehead atoms. The summed E-state index contributed by atoms with van der Waals surface area (Å²) in [5.74, 6) is 0.210. The van der Waals surface area contributed by atoms with Crippen molar-refractivity contribution in [3.05, 3.63) is 41.8 Å². The lowest BCUT2D eigenvalue weighted by Gasteiger charge is -2.36. The second-order valence-electron chi connectivity index (χ2n) is 9.66. The maximum atomic E-state index is 13.5. The number of nitrogens with one attached hydrogen (secondary N) is 1. The Labute approximate surface area is 210 Å². The lowest BCUT2D eigenvalue weighted by atomic mass is 9.87. The quantitative estimate of drug-likeness (QED) is 0.450. The van der Waals surface area contributed by atoms with Crippen molar-refractivity contribution in [1.82, 2.24) is 15.3 Å². The summed E-state index contributed by atoms with van der Waals surface area (Å²) in [6.07, 6.45) is 8.58. The molecule has 1 aromatic heterocycles. The van der Waals surface area contributed by atoms with Crippen LogP contribution in [0.1, 0.15) is 44.6 Å². The number of hydrazone groups is 1. The van der Waals surface area contributed by atoms with E-state index in [2.05, 4.69) is 27.3 Å². The molecule has 3 aliphatic rings. The number of aryl methyl sites for hydroxylation is 1. The Morgan fingerprint density at radius 1 is 1.28 bits per heavy atom. The Morgan fingerprint density at radius 2 is 2.14 bits per heavy atom. The standard InChI is InChI=1S/C27H33FN6O2/c1-18(33-22-8-12-36-13-9-22)26-25-24(35)7-11-29-27(25)34(17-31-26)32-10-3-2-4-19-14-20-15-21(28)5-6-23(20)30-16-19/h5-6,10,14-16,18,22,25,33H,2-4,7-9,11-13,17H2,1H3. The summed E-state index contributed by atoms with van der Waals surface area (Å²) in [7, 11) is 0. The Kier molecular flexibility index (Phi) is 7.77. The lowest BCUT2D eigenvalue weighted by Crippen LogP contribution is -2.54. The van der Waals surface area contributed by atoms with Gasteiger partial charge in [-0.05, 0) is 68.9 Å². The topological polar surface area (TPSA) is 91.5 Å². The van der Waals surface area contributed by atoms with Crippen molar-refractivity contribution in [3.8, 4) is 0 Å². The number of carbonyl (C=O) groups excluding carboxylic acids is 1. The van der Waals surface area contributed by atoms with Crippen LogP contribution in [-0.4, -0.2) is 72.0 Å². The second-order valence-corrected chi connectivity index (χ2v) is 9.66. The van der Waals surface area contributed by atoms with Crippen LogP contribution < -0.4 is 5.32 Å². The summed E-state index contributed by atoms with van der Waals surface area (Å²) in [4.78, 5) is 26.8. The fraction of sp³-hybridized carbons (Fsp3) is 0.519. The summed E-state index contributed by atoms with van der Waals surface area (Å²) in [5.41, 5.74) is 2.74. The van der Waals surface area contributed by atoms with Gasteiger partial charge in [0.1, 0.15) is 24.2 Å². The van der Waals surface area contributed by atoms with Crippen LogP contribution in [-0.2, 0) is 16.0 Å². The molecule has 190 valence electrons. The number of benzene rings is 1. The predicted octanol–water partition coefficient (Wildman–Crippen LogP) is 3.54. The van der Waals surface area contributed by atoms with Crippen molar-refractivity contribution in [3.63, 3.8) is 0 Å². The molecule has 3 aliphatic heterocycles. The van der Waals surface area contributed by atoms with Crippen molar-refractivity contribution in [1.29, 1.82) is 0 Å². The predicted molar refractivity (Wildman–Crippen MR) is 139 cm³/mol. The molecule has 2 unspecified atom stereocenters. The van der Waals surface area contributed by atoms with Gasteiger partial charge in [0.2, 0.25) is 0 Å². The zero-order valence-electron chi connectivity index (χ0n) is 20.7. The van der Waals surface area contributed by atoms with E-state index >= 15 is 0 Å². The largest absolute Gasteiger partial charge is 0.381 e. The van der Waals surface area contributed by atoms with Gasteiger partial charge in [-0.25, -0.2) is 9.40 Å². The minimum atomic E-state index is -0.420. The number of Topliss-reactive ketones (excluding diaryl/α,β-unsaturated/α-hetero) is 1. The van der Waals surface area contributed by atoms with Crippen LogP contribution in [0, 0.1) is 11.7 Å². The number of rotatable bonds is 8. The number of aliphatic imine (C=N–C) groups is 2. The molecule has 9 heteroatoms. The van der Waals surface area contributed by atoms with Gasteiger partial charge in [0, 0.05) is 61.8 Å². The smallest absolute Gasteiger partial charge is 0.151 e. The first-order valence-corrected chi connectivity index (χ1v) is 12.9. The first-order chi connectivity index (χ1) is 17.6. The molecule has 1 aromatic carbocycles. The zero-order chi connectivity index (χ0) is 24.9. The molecule has 4 heterocycles. The van der Waals surface area contributed by atoms with Crippen LogP contribution >= 0.6 is 0 Å². The molecule has 1 fully saturated rings. The molecule has 2 aromatic rings. The van der Waals surface area contributed by atoms with Crippen molar-refractivity contribution >= 4 is 34.4 Å². The third-order valence-electron chi connectivity index (χ3n) is 7.03. The van der Waals surface area contributed by atoms with E-state index in [1.54, 1.807) is 11.1 Å². The van der Waals surface area contributed by atoms with Gasteiger partial charge in [0.25, 0.3) is 0 Å². The molecule has 1 N–H and O–H groups in total. The number of aromatic nitrogens is 1.